The molecule has 0 spiro atoms. The van der Waals surface area contributed by atoms with Crippen LogP contribution in [0.25, 0.3) is 11.3 Å². The molecule has 0 aliphatic carbocycles. The Kier molecular flexibility index (Phi) is 3.38. The normalized spacial score (nSPS) is 9.94. The van der Waals surface area contributed by atoms with Crippen LogP contribution in [0, 0.1) is 13.8 Å². The van der Waals surface area contributed by atoms with Crippen molar-refractivity contribution < 1.29 is 5.11 Å². The molecule has 0 amide bonds. The highest BCUT2D eigenvalue weighted by Crippen LogP contribution is 2.31. The molecule has 16 heavy (non-hydrogen) atoms. The SMILES string of the molecule is C.Cc1nn(C)c(-c2ccccc2O)c1C. The van der Waals surface area contributed by atoms with Crippen LogP contribution in [0.5, 0.6) is 5.75 Å². The molecule has 0 saturated heterocycles. The van der Waals surface area contributed by atoms with E-state index in [1.165, 1.54) is 0 Å². The maximum Gasteiger partial charge on any atom is 0.124 e. The van der Waals surface area contributed by atoms with E-state index in [0.717, 1.165) is 22.5 Å². The van der Waals surface area contributed by atoms with Gasteiger partial charge in [-0.3, -0.25) is 4.68 Å². The summed E-state index contributed by atoms with van der Waals surface area (Å²) < 4.78 is 1.81. The fourth-order valence-electron chi connectivity index (χ4n) is 1.81. The van der Waals surface area contributed by atoms with Gasteiger partial charge < -0.3 is 5.11 Å². The van der Waals surface area contributed by atoms with Gasteiger partial charge in [-0.1, -0.05) is 19.6 Å². The molecule has 0 saturated carbocycles. The smallest absolute Gasteiger partial charge is 0.124 e. The number of hydrogen-bond acceptors (Lipinski definition) is 2. The van der Waals surface area contributed by atoms with Crippen LogP contribution in [-0.4, -0.2) is 14.9 Å². The van der Waals surface area contributed by atoms with Crippen LogP contribution in [0.15, 0.2) is 24.3 Å². The average Bonchev–Trinajstić information content (AvgIpc) is 2.43. The summed E-state index contributed by atoms with van der Waals surface area (Å²) in [6, 6.07) is 7.32. The number of rotatable bonds is 1. The van der Waals surface area contributed by atoms with Gasteiger partial charge in [0.05, 0.1) is 11.4 Å². The van der Waals surface area contributed by atoms with E-state index in [9.17, 15) is 5.11 Å². The fraction of sp³-hybridized carbons (Fsp3) is 0.308. The predicted molar refractivity (Wildman–Crippen MR) is 66.5 cm³/mol. The molecule has 0 radical (unpaired) electrons. The molecular weight excluding hydrogens is 200 g/mol. The molecule has 0 fully saturated rings. The lowest BCUT2D eigenvalue weighted by molar-refractivity contribution is 0.476. The largest absolute Gasteiger partial charge is 0.507 e. The van der Waals surface area contributed by atoms with Crippen molar-refractivity contribution in [3.63, 3.8) is 0 Å². The van der Waals surface area contributed by atoms with Crippen molar-refractivity contribution in [3.8, 4) is 17.0 Å². The highest BCUT2D eigenvalue weighted by molar-refractivity contribution is 5.70. The van der Waals surface area contributed by atoms with E-state index in [1.54, 1.807) is 10.7 Å². The second-order valence-electron chi connectivity index (χ2n) is 3.70. The van der Waals surface area contributed by atoms with Gasteiger partial charge in [0.2, 0.25) is 0 Å². The zero-order valence-electron chi connectivity index (χ0n) is 9.15. The third-order valence-electron chi connectivity index (χ3n) is 2.68. The summed E-state index contributed by atoms with van der Waals surface area (Å²) in [5, 5.41) is 14.1. The van der Waals surface area contributed by atoms with Crippen LogP contribution in [-0.2, 0) is 7.05 Å². The van der Waals surface area contributed by atoms with E-state index in [0.29, 0.717) is 5.75 Å². The molecule has 2 rings (SSSR count). The Hall–Kier alpha value is -1.77. The van der Waals surface area contributed by atoms with E-state index in [2.05, 4.69) is 5.10 Å². The average molecular weight is 218 g/mol. The Morgan fingerprint density at radius 1 is 1.19 bits per heavy atom. The van der Waals surface area contributed by atoms with Gasteiger partial charge in [-0.15, -0.1) is 0 Å². The van der Waals surface area contributed by atoms with Crippen molar-refractivity contribution in [2.24, 2.45) is 7.05 Å². The van der Waals surface area contributed by atoms with Crippen molar-refractivity contribution in [1.29, 1.82) is 0 Å². The molecule has 2 aromatic rings. The minimum Gasteiger partial charge on any atom is -0.507 e. The number of hydrogen-bond donors (Lipinski definition) is 1. The number of aromatic hydroxyl groups is 1. The molecule has 0 aliphatic rings. The van der Waals surface area contributed by atoms with Crippen LogP contribution in [0.2, 0.25) is 0 Å². The summed E-state index contributed by atoms with van der Waals surface area (Å²) in [5.41, 5.74) is 3.92. The monoisotopic (exact) mass is 218 g/mol. The molecule has 1 heterocycles. The van der Waals surface area contributed by atoms with Crippen LogP contribution in [0.1, 0.15) is 18.7 Å². The van der Waals surface area contributed by atoms with E-state index in [1.807, 2.05) is 39.1 Å². The number of phenols is 1. The topological polar surface area (TPSA) is 38.0 Å². The van der Waals surface area contributed by atoms with Crippen LogP contribution < -0.4 is 0 Å². The predicted octanol–water partition coefficient (Wildman–Crippen LogP) is 3.05. The van der Waals surface area contributed by atoms with E-state index in [4.69, 9.17) is 0 Å². The van der Waals surface area contributed by atoms with Gasteiger partial charge in [0.25, 0.3) is 0 Å². The Labute approximate surface area is 96.4 Å². The Balaban J connectivity index is 0.00000128. The molecule has 0 unspecified atom stereocenters. The minimum atomic E-state index is 0. The fourth-order valence-corrected chi connectivity index (χ4v) is 1.81. The van der Waals surface area contributed by atoms with Gasteiger partial charge >= 0.3 is 0 Å². The Bertz CT molecular complexity index is 501. The number of nitrogens with zero attached hydrogens (tertiary/aromatic N) is 2. The molecule has 1 aromatic heterocycles. The zero-order chi connectivity index (χ0) is 11.0. The molecule has 3 heteroatoms. The summed E-state index contributed by atoms with van der Waals surface area (Å²) >= 11 is 0. The highest BCUT2D eigenvalue weighted by atomic mass is 16.3. The standard InChI is InChI=1S/C12H14N2O.CH4/c1-8-9(2)13-14(3)12(8)10-6-4-5-7-11(10)15;/h4-7,15H,1-3H3;1H4. The van der Waals surface area contributed by atoms with Crippen molar-refractivity contribution in [2.75, 3.05) is 0 Å². The van der Waals surface area contributed by atoms with Crippen molar-refractivity contribution in [2.45, 2.75) is 21.3 Å². The lowest BCUT2D eigenvalue weighted by atomic mass is 10.1. The Morgan fingerprint density at radius 2 is 1.81 bits per heavy atom. The van der Waals surface area contributed by atoms with Gasteiger partial charge in [0, 0.05) is 12.6 Å². The van der Waals surface area contributed by atoms with Gasteiger partial charge in [0.1, 0.15) is 5.75 Å². The molecule has 3 nitrogen and oxygen atoms in total. The number of phenolic OH excluding ortho intramolecular Hbond substituents is 1. The molecular formula is C13H18N2O. The van der Waals surface area contributed by atoms with E-state index >= 15 is 0 Å². The lowest BCUT2D eigenvalue weighted by Crippen LogP contribution is -1.94. The number of para-hydroxylation sites is 1. The van der Waals surface area contributed by atoms with Crippen LogP contribution in [0.4, 0.5) is 0 Å². The number of aryl methyl sites for hydroxylation is 2. The van der Waals surface area contributed by atoms with Crippen LogP contribution >= 0.6 is 0 Å². The van der Waals surface area contributed by atoms with E-state index < -0.39 is 0 Å². The molecule has 0 atom stereocenters. The van der Waals surface area contributed by atoms with Crippen LogP contribution in [0.3, 0.4) is 0 Å². The second kappa shape index (κ2) is 4.39. The summed E-state index contributed by atoms with van der Waals surface area (Å²) in [6.45, 7) is 3.99. The first-order valence-corrected chi connectivity index (χ1v) is 4.90. The first-order valence-electron chi connectivity index (χ1n) is 4.90. The van der Waals surface area contributed by atoms with Gasteiger partial charge in [-0.2, -0.15) is 5.10 Å². The molecule has 0 aliphatic heterocycles. The number of benzene rings is 1. The maximum absolute atomic E-state index is 9.78. The van der Waals surface area contributed by atoms with Gasteiger partial charge in [-0.05, 0) is 31.5 Å². The van der Waals surface area contributed by atoms with Gasteiger partial charge in [0.15, 0.2) is 0 Å². The minimum absolute atomic E-state index is 0. The zero-order valence-corrected chi connectivity index (χ0v) is 9.15. The first-order chi connectivity index (χ1) is 7.11. The van der Waals surface area contributed by atoms with Crippen molar-refractivity contribution in [1.82, 2.24) is 9.78 Å². The summed E-state index contributed by atoms with van der Waals surface area (Å²) in [6.07, 6.45) is 0. The molecule has 0 bridgehead atoms. The highest BCUT2D eigenvalue weighted by Gasteiger charge is 2.13. The lowest BCUT2D eigenvalue weighted by Gasteiger charge is -2.05. The molecule has 86 valence electrons. The molecule has 1 aromatic carbocycles. The first kappa shape index (κ1) is 12.3. The third-order valence-corrected chi connectivity index (χ3v) is 2.68. The summed E-state index contributed by atoms with van der Waals surface area (Å²) in [5.74, 6) is 0.295. The molecule has 1 N–H and O–H groups in total. The maximum atomic E-state index is 9.78. The summed E-state index contributed by atoms with van der Waals surface area (Å²) in [7, 11) is 1.89. The van der Waals surface area contributed by atoms with Crippen molar-refractivity contribution >= 4 is 0 Å². The Morgan fingerprint density at radius 3 is 2.31 bits per heavy atom. The van der Waals surface area contributed by atoms with Gasteiger partial charge in [-0.25, -0.2) is 0 Å². The summed E-state index contributed by atoms with van der Waals surface area (Å²) in [4.78, 5) is 0. The quantitative estimate of drug-likeness (QED) is 0.799. The number of aromatic nitrogens is 2. The van der Waals surface area contributed by atoms with E-state index in [-0.39, 0.29) is 7.43 Å². The van der Waals surface area contributed by atoms with Crippen molar-refractivity contribution in [3.05, 3.63) is 35.5 Å². The third kappa shape index (κ3) is 1.81. The second-order valence-corrected chi connectivity index (χ2v) is 3.70.